The minimum absolute atomic E-state index is 0.0287. The van der Waals surface area contributed by atoms with Crippen LogP contribution in [-0.4, -0.2) is 43.4 Å². The summed E-state index contributed by atoms with van der Waals surface area (Å²) in [5.74, 6) is -0.869. The number of nitrogens with zero attached hydrogens (tertiary/aromatic N) is 1. The molecule has 0 aliphatic heterocycles. The maximum atomic E-state index is 11.9. The van der Waals surface area contributed by atoms with Gasteiger partial charge < -0.3 is 5.11 Å². The molecule has 1 rings (SSSR count). The predicted molar refractivity (Wildman–Crippen MR) is 68.4 cm³/mol. The summed E-state index contributed by atoms with van der Waals surface area (Å²) in [7, 11) is -2.00. The minimum Gasteiger partial charge on any atom is -0.481 e. The molecule has 106 valence electrons. The fourth-order valence-electron chi connectivity index (χ4n) is 2.04. The van der Waals surface area contributed by atoms with E-state index in [0.29, 0.717) is 0 Å². The van der Waals surface area contributed by atoms with Crippen LogP contribution in [0.25, 0.3) is 0 Å². The Bertz CT molecular complexity index is 401. The Balaban J connectivity index is 2.61. The van der Waals surface area contributed by atoms with Gasteiger partial charge in [0.25, 0.3) is 10.2 Å². The molecule has 7 heteroatoms. The van der Waals surface area contributed by atoms with Crippen LogP contribution in [0.2, 0.25) is 0 Å². The fourth-order valence-corrected chi connectivity index (χ4v) is 3.28. The zero-order chi connectivity index (χ0) is 14.0. The average molecular weight is 278 g/mol. The van der Waals surface area contributed by atoms with E-state index < -0.39 is 21.6 Å². The van der Waals surface area contributed by atoms with Crippen molar-refractivity contribution < 1.29 is 18.3 Å². The van der Waals surface area contributed by atoms with Crippen LogP contribution in [-0.2, 0) is 15.0 Å². The monoisotopic (exact) mass is 278 g/mol. The summed E-state index contributed by atoms with van der Waals surface area (Å²) in [6.45, 7) is 3.78. The Hall–Kier alpha value is -0.660. The molecular formula is C11H22N2O4S. The highest BCUT2D eigenvalue weighted by Crippen LogP contribution is 2.43. The molecule has 0 aromatic heterocycles. The van der Waals surface area contributed by atoms with Crippen LogP contribution in [0.1, 0.15) is 39.5 Å². The fraction of sp³-hybridized carbons (Fsp3) is 0.909. The predicted octanol–water partition coefficient (Wildman–Crippen LogP) is 0.806. The van der Waals surface area contributed by atoms with Crippen molar-refractivity contribution in [3.63, 3.8) is 0 Å². The van der Waals surface area contributed by atoms with Crippen LogP contribution in [0.4, 0.5) is 0 Å². The summed E-state index contributed by atoms with van der Waals surface area (Å²) in [6, 6.07) is -0.126. The van der Waals surface area contributed by atoms with Crippen LogP contribution < -0.4 is 4.72 Å². The van der Waals surface area contributed by atoms with Gasteiger partial charge in [0.05, 0.1) is 6.42 Å². The minimum atomic E-state index is -3.51. The normalized spacial score (nSPS) is 18.9. The lowest BCUT2D eigenvalue weighted by Crippen LogP contribution is -2.48. The number of rotatable bonds is 7. The second-order valence-electron chi connectivity index (χ2n) is 5.36. The van der Waals surface area contributed by atoms with Crippen molar-refractivity contribution in [2.75, 3.05) is 13.6 Å². The average Bonchev–Trinajstić information content (AvgIpc) is 2.20. The van der Waals surface area contributed by atoms with Gasteiger partial charge in [-0.05, 0) is 32.1 Å². The zero-order valence-corrected chi connectivity index (χ0v) is 12.0. The smallest absolute Gasteiger partial charge is 0.303 e. The van der Waals surface area contributed by atoms with E-state index in [1.807, 2.05) is 0 Å². The number of hydrogen-bond acceptors (Lipinski definition) is 3. The van der Waals surface area contributed by atoms with Crippen molar-refractivity contribution >= 4 is 16.2 Å². The molecule has 1 aliphatic carbocycles. The van der Waals surface area contributed by atoms with E-state index in [1.54, 1.807) is 13.8 Å². The lowest BCUT2D eigenvalue weighted by Gasteiger charge is -2.41. The summed E-state index contributed by atoms with van der Waals surface area (Å²) in [4.78, 5) is 10.8. The first-order chi connectivity index (χ1) is 8.18. The first-order valence-electron chi connectivity index (χ1n) is 6.13. The molecule has 0 radical (unpaired) electrons. The number of carbonyl (C=O) groups is 1. The van der Waals surface area contributed by atoms with E-state index in [2.05, 4.69) is 4.72 Å². The van der Waals surface area contributed by atoms with Gasteiger partial charge >= 0.3 is 5.97 Å². The maximum absolute atomic E-state index is 11.9. The van der Waals surface area contributed by atoms with Gasteiger partial charge in [-0.1, -0.05) is 6.42 Å². The third-order valence-corrected chi connectivity index (χ3v) is 5.37. The van der Waals surface area contributed by atoms with Gasteiger partial charge in [0.2, 0.25) is 0 Å². The summed E-state index contributed by atoms with van der Waals surface area (Å²) >= 11 is 0. The molecule has 1 fully saturated rings. The molecule has 2 N–H and O–H groups in total. The molecule has 0 amide bonds. The molecule has 1 aliphatic rings. The molecule has 0 unspecified atom stereocenters. The molecule has 18 heavy (non-hydrogen) atoms. The molecule has 0 atom stereocenters. The first-order valence-corrected chi connectivity index (χ1v) is 7.57. The molecular weight excluding hydrogens is 256 g/mol. The standard InChI is InChI=1S/C11H22N2O4S/c1-9(2)13(3)18(16,17)12-8-11(5-4-6-11)7-10(14)15/h9,12H,4-8H2,1-3H3,(H,14,15). The molecule has 6 nitrogen and oxygen atoms in total. The number of aliphatic carboxylic acids is 1. The summed E-state index contributed by atoms with van der Waals surface area (Å²) < 4.78 is 27.6. The van der Waals surface area contributed by atoms with Crippen molar-refractivity contribution in [3.05, 3.63) is 0 Å². The van der Waals surface area contributed by atoms with Crippen molar-refractivity contribution in [3.8, 4) is 0 Å². The number of carboxylic acid groups (broad SMARTS) is 1. The molecule has 0 aromatic rings. The topological polar surface area (TPSA) is 86.7 Å². The molecule has 1 saturated carbocycles. The first kappa shape index (κ1) is 15.4. The van der Waals surface area contributed by atoms with E-state index in [-0.39, 0.29) is 19.0 Å². The lowest BCUT2D eigenvalue weighted by atomic mass is 9.67. The zero-order valence-electron chi connectivity index (χ0n) is 11.1. The highest BCUT2D eigenvalue weighted by Gasteiger charge is 2.40. The Kier molecular flexibility index (Phi) is 4.74. The lowest BCUT2D eigenvalue weighted by molar-refractivity contribution is -0.141. The Morgan fingerprint density at radius 1 is 1.44 bits per heavy atom. The van der Waals surface area contributed by atoms with Crippen LogP contribution in [0.3, 0.4) is 0 Å². The Morgan fingerprint density at radius 3 is 2.33 bits per heavy atom. The van der Waals surface area contributed by atoms with Gasteiger partial charge in [0.15, 0.2) is 0 Å². The Labute approximate surface area is 109 Å². The van der Waals surface area contributed by atoms with Gasteiger partial charge in [-0.2, -0.15) is 12.7 Å². The van der Waals surface area contributed by atoms with E-state index >= 15 is 0 Å². The summed E-state index contributed by atoms with van der Waals surface area (Å²) in [6.07, 6.45) is 2.54. The van der Waals surface area contributed by atoms with Crippen molar-refractivity contribution in [1.29, 1.82) is 0 Å². The van der Waals surface area contributed by atoms with Gasteiger partial charge in [-0.3, -0.25) is 4.79 Å². The van der Waals surface area contributed by atoms with E-state index in [9.17, 15) is 13.2 Å². The van der Waals surface area contributed by atoms with E-state index in [4.69, 9.17) is 5.11 Å². The molecule has 0 spiro atoms. The van der Waals surface area contributed by atoms with E-state index in [1.165, 1.54) is 11.4 Å². The third-order valence-electron chi connectivity index (χ3n) is 3.68. The highest BCUT2D eigenvalue weighted by molar-refractivity contribution is 7.87. The van der Waals surface area contributed by atoms with Crippen molar-refractivity contribution in [2.24, 2.45) is 5.41 Å². The summed E-state index contributed by atoms with van der Waals surface area (Å²) in [5.41, 5.74) is -0.392. The SMILES string of the molecule is CC(C)N(C)S(=O)(=O)NCC1(CC(=O)O)CCC1. The van der Waals surface area contributed by atoms with Gasteiger partial charge in [-0.25, -0.2) is 4.72 Å². The van der Waals surface area contributed by atoms with Gasteiger partial charge in [0.1, 0.15) is 0 Å². The quantitative estimate of drug-likeness (QED) is 0.721. The van der Waals surface area contributed by atoms with E-state index in [0.717, 1.165) is 19.3 Å². The van der Waals surface area contributed by atoms with Crippen LogP contribution in [0, 0.1) is 5.41 Å². The van der Waals surface area contributed by atoms with Crippen LogP contribution >= 0.6 is 0 Å². The summed E-state index contributed by atoms with van der Waals surface area (Å²) in [5, 5.41) is 8.85. The second-order valence-corrected chi connectivity index (χ2v) is 7.17. The third kappa shape index (κ3) is 3.66. The van der Waals surface area contributed by atoms with Gasteiger partial charge in [-0.15, -0.1) is 0 Å². The van der Waals surface area contributed by atoms with Crippen LogP contribution in [0.15, 0.2) is 0 Å². The molecule has 0 heterocycles. The molecule has 0 bridgehead atoms. The molecule has 0 saturated heterocycles. The largest absolute Gasteiger partial charge is 0.481 e. The number of carboxylic acids is 1. The molecule has 0 aromatic carbocycles. The number of nitrogens with one attached hydrogen (secondary N) is 1. The second kappa shape index (κ2) is 5.54. The van der Waals surface area contributed by atoms with Crippen molar-refractivity contribution in [2.45, 2.75) is 45.6 Å². The number of hydrogen-bond donors (Lipinski definition) is 2. The van der Waals surface area contributed by atoms with Crippen molar-refractivity contribution in [1.82, 2.24) is 9.03 Å². The van der Waals surface area contributed by atoms with Gasteiger partial charge in [0, 0.05) is 19.6 Å². The van der Waals surface area contributed by atoms with Crippen LogP contribution in [0.5, 0.6) is 0 Å². The highest BCUT2D eigenvalue weighted by atomic mass is 32.2. The Morgan fingerprint density at radius 2 is 2.00 bits per heavy atom. The maximum Gasteiger partial charge on any atom is 0.303 e.